The number of hydrogen-bond acceptors (Lipinski definition) is 6. The smallest absolute Gasteiger partial charge is 0.217 e. The standard InChI is InChI=1S/C22H22F3N5O/c23-11-22(12-24)13-31-20(29-21(22)27)15-4-1-5-17(9-15)30(25)18-6-2-3-14-7-8-16(10-26)28-19(14)18/h1,4-5,7-9,18,21H,2-3,6,11-13,27H2/t18?,21-/m1/s1. The van der Waals surface area contributed by atoms with E-state index < -0.39 is 31.0 Å². The third kappa shape index (κ3) is 3.83. The molecule has 0 saturated carbocycles. The molecule has 162 valence electrons. The highest BCUT2D eigenvalue weighted by Gasteiger charge is 2.42. The van der Waals surface area contributed by atoms with E-state index in [1.54, 1.807) is 30.3 Å². The number of fused-ring (bicyclic) bond motifs is 1. The fourth-order valence-electron chi connectivity index (χ4n) is 3.89. The number of aliphatic imine (C=N–C) groups is 1. The monoisotopic (exact) mass is 429 g/mol. The lowest BCUT2D eigenvalue weighted by atomic mass is 9.88. The molecule has 1 aliphatic carbocycles. The van der Waals surface area contributed by atoms with E-state index in [2.05, 4.69) is 9.98 Å². The van der Waals surface area contributed by atoms with E-state index in [0.29, 0.717) is 22.8 Å². The van der Waals surface area contributed by atoms with Crippen LogP contribution < -0.4 is 10.9 Å². The van der Waals surface area contributed by atoms with Crippen molar-refractivity contribution in [1.82, 2.24) is 4.98 Å². The SMILES string of the molecule is N#Cc1ccc2c(n1)C(N(F)c1cccc(C3=N[C@@H](N)C(CF)(CF)CO3)c1)CCC2. The van der Waals surface area contributed by atoms with Gasteiger partial charge in [0.2, 0.25) is 5.90 Å². The number of halogens is 3. The Morgan fingerprint density at radius 1 is 1.26 bits per heavy atom. The molecule has 0 bridgehead atoms. The van der Waals surface area contributed by atoms with Crippen molar-refractivity contribution in [1.29, 1.82) is 5.26 Å². The first kappa shape index (κ1) is 21.1. The summed E-state index contributed by atoms with van der Waals surface area (Å²) in [5.74, 6) is 0.120. The number of aromatic nitrogens is 1. The van der Waals surface area contributed by atoms with E-state index >= 15 is 4.48 Å². The van der Waals surface area contributed by atoms with Crippen LogP contribution in [0.15, 0.2) is 41.4 Å². The van der Waals surface area contributed by atoms with Gasteiger partial charge in [0, 0.05) is 5.56 Å². The Morgan fingerprint density at radius 2 is 2.06 bits per heavy atom. The maximum atomic E-state index is 15.5. The number of hydrogen-bond donors (Lipinski definition) is 1. The van der Waals surface area contributed by atoms with Crippen LogP contribution in [0.2, 0.25) is 0 Å². The number of nitrogens with two attached hydrogens (primary N) is 1. The number of rotatable bonds is 5. The molecule has 0 amide bonds. The predicted octanol–water partition coefficient (Wildman–Crippen LogP) is 3.71. The molecule has 0 spiro atoms. The van der Waals surface area contributed by atoms with Crippen molar-refractivity contribution in [2.75, 3.05) is 25.1 Å². The first-order valence-electron chi connectivity index (χ1n) is 10.0. The van der Waals surface area contributed by atoms with Gasteiger partial charge in [0.1, 0.15) is 43.9 Å². The second-order valence-electron chi connectivity index (χ2n) is 7.92. The molecule has 2 aliphatic rings. The summed E-state index contributed by atoms with van der Waals surface area (Å²) in [6.45, 7) is -2.22. The molecule has 0 fully saturated rings. The Bertz CT molecular complexity index is 1030. The summed E-state index contributed by atoms with van der Waals surface area (Å²) in [4.78, 5) is 8.46. The van der Waals surface area contributed by atoms with Gasteiger partial charge in [0.15, 0.2) is 0 Å². The van der Waals surface area contributed by atoms with Gasteiger partial charge in [-0.1, -0.05) is 16.6 Å². The van der Waals surface area contributed by atoms with Crippen LogP contribution in [0.1, 0.15) is 41.4 Å². The number of ether oxygens (including phenoxy) is 1. The third-order valence-corrected chi connectivity index (χ3v) is 5.89. The van der Waals surface area contributed by atoms with Gasteiger partial charge < -0.3 is 10.5 Å². The average molecular weight is 429 g/mol. The summed E-state index contributed by atoms with van der Waals surface area (Å²) < 4.78 is 47.6. The first-order chi connectivity index (χ1) is 15.0. The molecule has 0 saturated heterocycles. The van der Waals surface area contributed by atoms with Crippen molar-refractivity contribution in [3.63, 3.8) is 0 Å². The minimum absolute atomic E-state index is 0.120. The number of anilines is 1. The normalized spacial score (nSPS) is 22.0. The van der Waals surface area contributed by atoms with E-state index in [1.807, 2.05) is 12.1 Å². The second-order valence-corrected chi connectivity index (χ2v) is 7.92. The molecule has 1 aromatic heterocycles. The Hall–Kier alpha value is -3.12. The van der Waals surface area contributed by atoms with Crippen molar-refractivity contribution >= 4 is 11.6 Å². The van der Waals surface area contributed by atoms with Gasteiger partial charge >= 0.3 is 0 Å². The summed E-state index contributed by atoms with van der Waals surface area (Å²) >= 11 is 0. The Kier molecular flexibility index (Phi) is 5.83. The van der Waals surface area contributed by atoms with Gasteiger partial charge in [-0.15, -0.1) is 0 Å². The van der Waals surface area contributed by atoms with E-state index in [4.69, 9.17) is 15.7 Å². The number of pyridine rings is 1. The van der Waals surface area contributed by atoms with E-state index in [-0.39, 0.29) is 23.9 Å². The first-order valence-corrected chi connectivity index (χ1v) is 10.0. The molecule has 9 heteroatoms. The highest BCUT2D eigenvalue weighted by Crippen LogP contribution is 2.37. The molecule has 0 radical (unpaired) electrons. The molecule has 1 aliphatic heterocycles. The Labute approximate surface area is 178 Å². The minimum atomic E-state index is -1.50. The molecule has 4 rings (SSSR count). The maximum Gasteiger partial charge on any atom is 0.217 e. The second kappa shape index (κ2) is 8.55. The van der Waals surface area contributed by atoms with Gasteiger partial charge in [-0.3, -0.25) is 8.78 Å². The van der Waals surface area contributed by atoms with Crippen molar-refractivity contribution in [3.8, 4) is 6.07 Å². The van der Waals surface area contributed by atoms with Gasteiger partial charge in [0.25, 0.3) is 0 Å². The summed E-state index contributed by atoms with van der Waals surface area (Å²) in [5, 5.41) is 9.78. The molecule has 2 heterocycles. The number of nitrogens with zero attached hydrogens (tertiary/aromatic N) is 4. The summed E-state index contributed by atoms with van der Waals surface area (Å²) in [6, 6.07) is 11.3. The number of alkyl halides is 2. The zero-order chi connectivity index (χ0) is 22.0. The van der Waals surface area contributed by atoms with Crippen LogP contribution in [-0.2, 0) is 11.2 Å². The van der Waals surface area contributed by atoms with Gasteiger partial charge in [-0.05, 0) is 49.1 Å². The lowest BCUT2D eigenvalue weighted by Gasteiger charge is -2.35. The largest absolute Gasteiger partial charge is 0.476 e. The Balaban J connectivity index is 1.62. The van der Waals surface area contributed by atoms with Crippen molar-refractivity contribution in [2.24, 2.45) is 16.1 Å². The molecule has 2 aromatic rings. The van der Waals surface area contributed by atoms with E-state index in [0.717, 1.165) is 18.4 Å². The highest BCUT2D eigenvalue weighted by molar-refractivity contribution is 5.95. The fourth-order valence-corrected chi connectivity index (χ4v) is 3.89. The average Bonchev–Trinajstić information content (AvgIpc) is 2.83. The molecule has 2 N–H and O–H groups in total. The third-order valence-electron chi connectivity index (χ3n) is 5.89. The summed E-state index contributed by atoms with van der Waals surface area (Å²) in [5.41, 5.74) is 6.84. The Morgan fingerprint density at radius 3 is 2.77 bits per heavy atom. The minimum Gasteiger partial charge on any atom is -0.476 e. The van der Waals surface area contributed by atoms with Crippen LogP contribution in [0, 0.1) is 16.7 Å². The predicted molar refractivity (Wildman–Crippen MR) is 110 cm³/mol. The molecule has 31 heavy (non-hydrogen) atoms. The number of aryl methyl sites for hydroxylation is 1. The number of benzene rings is 1. The van der Waals surface area contributed by atoms with Gasteiger partial charge in [-0.25, -0.2) is 15.1 Å². The van der Waals surface area contributed by atoms with Crippen molar-refractivity contribution < 1.29 is 18.0 Å². The lowest BCUT2D eigenvalue weighted by Crippen LogP contribution is -2.51. The van der Waals surface area contributed by atoms with Crippen LogP contribution in [-0.4, -0.2) is 37.0 Å². The molecule has 2 atom stereocenters. The van der Waals surface area contributed by atoms with Crippen LogP contribution in [0.4, 0.5) is 18.9 Å². The van der Waals surface area contributed by atoms with Crippen molar-refractivity contribution in [3.05, 3.63) is 58.9 Å². The molecule has 1 unspecified atom stereocenters. The van der Waals surface area contributed by atoms with Crippen LogP contribution in [0.25, 0.3) is 0 Å². The molecular weight excluding hydrogens is 407 g/mol. The molecular formula is C22H22F3N5O. The van der Waals surface area contributed by atoms with Crippen LogP contribution in [0.5, 0.6) is 0 Å². The van der Waals surface area contributed by atoms with Gasteiger partial charge in [0.05, 0.1) is 16.8 Å². The quantitative estimate of drug-likeness (QED) is 0.732. The van der Waals surface area contributed by atoms with Crippen LogP contribution in [0.3, 0.4) is 0 Å². The van der Waals surface area contributed by atoms with E-state index in [9.17, 15) is 8.78 Å². The van der Waals surface area contributed by atoms with E-state index in [1.165, 1.54) is 0 Å². The molecule has 1 aromatic carbocycles. The summed E-state index contributed by atoms with van der Waals surface area (Å²) in [6.07, 6.45) is 1.03. The summed E-state index contributed by atoms with van der Waals surface area (Å²) in [7, 11) is 0. The lowest BCUT2D eigenvalue weighted by molar-refractivity contribution is 0.0355. The topological polar surface area (TPSA) is 87.5 Å². The maximum absolute atomic E-state index is 15.5. The molecule has 6 nitrogen and oxygen atoms in total. The van der Waals surface area contributed by atoms with Crippen LogP contribution >= 0.6 is 0 Å². The fraction of sp³-hybridized carbons (Fsp3) is 0.409. The zero-order valence-electron chi connectivity index (χ0n) is 16.8. The van der Waals surface area contributed by atoms with Crippen molar-refractivity contribution in [2.45, 2.75) is 31.5 Å². The number of nitriles is 1. The van der Waals surface area contributed by atoms with Gasteiger partial charge in [-0.2, -0.15) is 5.26 Å². The highest BCUT2D eigenvalue weighted by atomic mass is 19.2. The zero-order valence-corrected chi connectivity index (χ0v) is 16.8.